The maximum Gasteiger partial charge on any atom is 0.425 e. The maximum absolute atomic E-state index is 12.3. The van der Waals surface area contributed by atoms with E-state index >= 15 is 0 Å². The molecule has 328 valence electrons. The molecule has 61 heavy (non-hydrogen) atoms. The SMILES string of the molecule is Cc1nc(Cl)nc(Nc2cccc(N=Nc3c(S(=O)(=O)O)cc4ccc(N=Nc5ccccc5S(=O)(=O)O)c(N)c4c3O)c2)n1.O=S(=O)=O.O=S(=O)=O.O=S(=O)=O.O=S(=O)=O.[HH]. The first-order valence-corrected chi connectivity index (χ1v) is 21.7. The average Bonchev–Trinajstić information content (AvgIpc) is 3.09. The van der Waals surface area contributed by atoms with Gasteiger partial charge in [-0.2, -0.15) is 31.9 Å². The fourth-order valence-corrected chi connectivity index (χ4v) is 5.57. The molecule has 1 heterocycles. The summed E-state index contributed by atoms with van der Waals surface area (Å²) >= 11 is 5.88. The summed E-state index contributed by atoms with van der Waals surface area (Å²) in [5, 5.41) is 29.8. The normalized spacial score (nSPS) is 10.7. The van der Waals surface area contributed by atoms with Gasteiger partial charge in [0.2, 0.25) is 11.2 Å². The molecule has 4 aromatic carbocycles. The first kappa shape index (κ1) is 52.4. The molecule has 0 saturated heterocycles. The van der Waals surface area contributed by atoms with Crippen molar-refractivity contribution in [1.82, 2.24) is 15.0 Å². The molecule has 1 aromatic heterocycles. The number of phenols is 1. The van der Waals surface area contributed by atoms with Crippen molar-refractivity contribution in [3.63, 3.8) is 0 Å². The summed E-state index contributed by atoms with van der Waals surface area (Å²) in [6.45, 7) is 1.63. The number of hydrogen-bond acceptors (Lipinski definition) is 26. The van der Waals surface area contributed by atoms with Crippen LogP contribution in [0.25, 0.3) is 10.8 Å². The van der Waals surface area contributed by atoms with Crippen LogP contribution in [0.2, 0.25) is 5.28 Å². The molecule has 0 aliphatic heterocycles. The van der Waals surface area contributed by atoms with Gasteiger partial charge in [-0.15, -0.1) is 65.8 Å². The van der Waals surface area contributed by atoms with E-state index in [1.165, 1.54) is 42.5 Å². The number of rotatable bonds is 8. The van der Waals surface area contributed by atoms with Crippen LogP contribution in [0.15, 0.2) is 97.0 Å². The van der Waals surface area contributed by atoms with Gasteiger partial charge in [0, 0.05) is 7.11 Å². The number of phenolic OH excluding ortho intramolecular Hbond substituents is 1. The van der Waals surface area contributed by atoms with E-state index in [2.05, 4.69) is 40.7 Å². The van der Waals surface area contributed by atoms with Gasteiger partial charge >= 0.3 is 42.4 Å². The largest absolute Gasteiger partial charge is 0.505 e. The Balaban J connectivity index is 0.00000188. The average molecular weight is 992 g/mol. The number of aromatic nitrogens is 3. The van der Waals surface area contributed by atoms with E-state index in [9.17, 15) is 31.0 Å². The second-order valence-electron chi connectivity index (χ2n) is 9.95. The van der Waals surface area contributed by atoms with Crippen molar-refractivity contribution in [2.75, 3.05) is 11.1 Å². The lowest BCUT2D eigenvalue weighted by atomic mass is 10.1. The smallest absolute Gasteiger partial charge is 0.425 e. The molecule has 0 unspecified atom stereocenters. The van der Waals surface area contributed by atoms with Crippen LogP contribution >= 0.6 is 11.6 Å². The van der Waals surface area contributed by atoms with Gasteiger partial charge < -0.3 is 16.2 Å². The molecule has 0 aliphatic rings. The molecule has 0 saturated carbocycles. The molecule has 35 heteroatoms. The predicted octanol–water partition coefficient (Wildman–Crippen LogP) is 2.57. The molecule has 0 radical (unpaired) electrons. The maximum atomic E-state index is 12.3. The third-order valence-corrected chi connectivity index (χ3v) is 7.95. The number of hydrogen-bond donors (Lipinski definition) is 5. The molecular weight excluding hydrogens is 970 g/mol. The van der Waals surface area contributed by atoms with Gasteiger partial charge in [0.25, 0.3) is 20.2 Å². The highest BCUT2D eigenvalue weighted by molar-refractivity contribution is 7.86. The van der Waals surface area contributed by atoms with Crippen molar-refractivity contribution >= 4 is 125 Å². The summed E-state index contributed by atoms with van der Waals surface area (Å²) in [5.74, 6) is -0.210. The van der Waals surface area contributed by atoms with E-state index < -0.39 is 83.9 Å². The minimum atomic E-state index is -4.92. The van der Waals surface area contributed by atoms with Crippen LogP contribution in [0, 0.1) is 6.92 Å². The Hall–Kier alpha value is -6.66. The van der Waals surface area contributed by atoms with Gasteiger partial charge in [-0.1, -0.05) is 24.3 Å². The van der Waals surface area contributed by atoms with Crippen molar-refractivity contribution in [3.8, 4) is 5.75 Å². The zero-order valence-electron chi connectivity index (χ0n) is 29.3. The fourth-order valence-electron chi connectivity index (χ4n) is 4.09. The molecule has 6 N–H and O–H groups in total. The molecule has 5 aromatic rings. The van der Waals surface area contributed by atoms with Crippen molar-refractivity contribution < 1.29 is 83.0 Å². The number of nitrogen functional groups attached to an aromatic ring is 1. The molecule has 0 fully saturated rings. The fraction of sp³-hybridized carbons (Fsp3) is 0.0385. The highest BCUT2D eigenvalue weighted by Crippen LogP contribution is 2.46. The Morgan fingerprint density at radius 1 is 0.656 bits per heavy atom. The van der Waals surface area contributed by atoms with Crippen LogP contribution in [0.3, 0.4) is 0 Å². The van der Waals surface area contributed by atoms with E-state index in [0.717, 1.165) is 12.1 Å². The van der Waals surface area contributed by atoms with E-state index in [1.54, 1.807) is 19.1 Å². The quantitative estimate of drug-likeness (QED) is 0.0847. The van der Waals surface area contributed by atoms with E-state index in [-0.39, 0.29) is 46.2 Å². The third-order valence-electron chi connectivity index (χ3n) is 6.01. The summed E-state index contributed by atoms with van der Waals surface area (Å²) in [4.78, 5) is 10.7. The van der Waals surface area contributed by atoms with Crippen LogP contribution < -0.4 is 11.1 Å². The van der Waals surface area contributed by atoms with E-state index in [0.29, 0.717) is 11.5 Å². The topological polar surface area (TPSA) is 460 Å². The Kier molecular flexibility index (Phi) is 20.4. The summed E-state index contributed by atoms with van der Waals surface area (Å²) in [5.41, 5.74) is 5.87. The highest BCUT2D eigenvalue weighted by Gasteiger charge is 2.24. The van der Waals surface area contributed by atoms with Gasteiger partial charge in [-0.05, 0) is 66.4 Å². The zero-order chi connectivity index (χ0) is 46.8. The number of nitrogens with zero attached hydrogens (tertiary/aromatic N) is 7. The van der Waals surface area contributed by atoms with Gasteiger partial charge in [0.05, 0.1) is 16.8 Å². The van der Waals surface area contributed by atoms with Crippen LogP contribution in [0.4, 0.5) is 40.1 Å². The minimum Gasteiger partial charge on any atom is -0.505 e. The molecular formula is C26H22ClN9O19S6. The highest BCUT2D eigenvalue weighted by atomic mass is 35.5. The van der Waals surface area contributed by atoms with Crippen molar-refractivity contribution in [3.05, 3.63) is 77.8 Å². The predicted molar refractivity (Wildman–Crippen MR) is 205 cm³/mol. The number of azo groups is 2. The number of anilines is 3. The Morgan fingerprint density at radius 2 is 1.18 bits per heavy atom. The molecule has 0 aliphatic carbocycles. The second kappa shape index (κ2) is 23.8. The third kappa shape index (κ3) is 19.3. The Labute approximate surface area is 353 Å². The molecule has 28 nitrogen and oxygen atoms in total. The van der Waals surface area contributed by atoms with Crippen molar-refractivity contribution in [1.29, 1.82) is 0 Å². The molecule has 0 bridgehead atoms. The van der Waals surface area contributed by atoms with Crippen molar-refractivity contribution in [2.45, 2.75) is 16.7 Å². The minimum absolute atomic E-state index is 0. The van der Waals surface area contributed by atoms with Gasteiger partial charge in [-0.3, -0.25) is 9.11 Å². The van der Waals surface area contributed by atoms with Gasteiger partial charge in [0.15, 0.2) is 5.75 Å². The lowest BCUT2D eigenvalue weighted by Crippen LogP contribution is -2.00. The number of halogens is 1. The van der Waals surface area contributed by atoms with Crippen LogP contribution in [0.5, 0.6) is 5.75 Å². The van der Waals surface area contributed by atoms with E-state index in [1.807, 2.05) is 0 Å². The molecule has 5 rings (SSSR count). The second-order valence-corrected chi connectivity index (χ2v) is 14.7. The molecule has 0 spiro atoms. The number of nitrogens with one attached hydrogen (secondary N) is 1. The number of fused-ring (bicyclic) bond motifs is 1. The summed E-state index contributed by atoms with van der Waals surface area (Å²) < 4.78 is 169. The molecule has 0 atom stereocenters. The van der Waals surface area contributed by atoms with Crippen LogP contribution in [-0.4, -0.2) is 96.5 Å². The first-order chi connectivity index (χ1) is 28.1. The zero-order valence-corrected chi connectivity index (χ0v) is 34.9. The van der Waals surface area contributed by atoms with Crippen molar-refractivity contribution in [2.24, 2.45) is 20.5 Å². The number of aromatic hydroxyl groups is 1. The summed E-state index contributed by atoms with van der Waals surface area (Å²) in [7, 11) is -22.0. The van der Waals surface area contributed by atoms with Gasteiger partial charge in [-0.25, -0.2) is 4.98 Å². The number of aryl methyl sites for hydroxylation is 1. The first-order valence-electron chi connectivity index (χ1n) is 14.4. The Morgan fingerprint density at radius 3 is 1.70 bits per heavy atom. The monoisotopic (exact) mass is 991 g/mol. The van der Waals surface area contributed by atoms with Crippen LogP contribution in [0.1, 0.15) is 7.25 Å². The van der Waals surface area contributed by atoms with Gasteiger partial charge in [0.1, 0.15) is 32.7 Å². The summed E-state index contributed by atoms with van der Waals surface area (Å²) in [6.07, 6.45) is 0. The lowest BCUT2D eigenvalue weighted by molar-refractivity contribution is 0.472. The number of benzene rings is 4. The van der Waals surface area contributed by atoms with Crippen LogP contribution in [-0.2, 0) is 62.7 Å². The standard InChI is InChI=1S/C26H20ClN9O7S2.4O3S.H2/c1-13-29-25(27)32-26(30-13)31-15-5-4-6-16(12-15)33-36-23-20(45(41,42)43)11-14-9-10-18(22(28)21(14)24(23)37)35-34-17-7-2-3-8-19(17)44(38,39)40;4*1-4(2)3;/h2-12,37H,28H2,1H3,(H,38,39,40)(H,41,42,43)(H,29,30,31,32);;;;;1H. The molecule has 0 amide bonds. The Bertz CT molecular complexity index is 3060. The van der Waals surface area contributed by atoms with E-state index in [4.69, 9.17) is 67.8 Å². The summed E-state index contributed by atoms with van der Waals surface area (Å²) in [6, 6.07) is 15.3. The number of nitrogens with two attached hydrogens (primary N) is 1. The lowest BCUT2D eigenvalue weighted by Gasteiger charge is -2.12.